The molecule has 0 atom stereocenters. The highest BCUT2D eigenvalue weighted by molar-refractivity contribution is 6.32. The summed E-state index contributed by atoms with van der Waals surface area (Å²) in [6, 6.07) is 0. The molecule has 0 aliphatic rings. The number of aryl methyl sites for hydroxylation is 1. The summed E-state index contributed by atoms with van der Waals surface area (Å²) < 4.78 is 4.76. The molecule has 0 saturated carbocycles. The summed E-state index contributed by atoms with van der Waals surface area (Å²) in [5.41, 5.74) is 5.41. The Kier molecular flexibility index (Phi) is 1.01. The average molecular weight is 108 g/mol. The van der Waals surface area contributed by atoms with Crippen molar-refractivity contribution in [2.45, 2.75) is 6.92 Å². The predicted octanol–water partition coefficient (Wildman–Crippen LogP) is -0.641. The highest BCUT2D eigenvalue weighted by Crippen LogP contribution is 1.94. The largest absolute Gasteiger partial charge is 0.456 e. The maximum Gasteiger partial charge on any atom is 0.191 e. The maximum absolute atomic E-state index is 5.21. The topological polar surface area (TPSA) is 52.0 Å². The molecule has 3 nitrogen and oxygen atoms in total. The number of nitrogens with zero attached hydrogens (tertiary/aromatic N) is 1. The smallest absolute Gasteiger partial charge is 0.191 e. The van der Waals surface area contributed by atoms with E-state index in [1.165, 1.54) is 0 Å². The summed E-state index contributed by atoms with van der Waals surface area (Å²) in [4.78, 5) is 3.70. The van der Waals surface area contributed by atoms with Crippen LogP contribution < -0.4 is 11.4 Å². The lowest BCUT2D eigenvalue weighted by Gasteiger charge is -1.78. The van der Waals surface area contributed by atoms with Crippen LogP contribution >= 0.6 is 0 Å². The van der Waals surface area contributed by atoms with Gasteiger partial charge in [-0.2, -0.15) is 4.98 Å². The molecular weight excluding hydrogens is 103 g/mol. The van der Waals surface area contributed by atoms with Crippen molar-refractivity contribution < 1.29 is 4.42 Å². The van der Waals surface area contributed by atoms with Gasteiger partial charge in [0, 0.05) is 6.92 Å². The maximum atomic E-state index is 5.21. The van der Waals surface area contributed by atoms with Crippen LogP contribution in [0.3, 0.4) is 0 Å². The molecule has 0 amide bonds. The molecule has 0 bridgehead atoms. The number of anilines is 1. The van der Waals surface area contributed by atoms with E-state index in [1.807, 2.05) is 0 Å². The van der Waals surface area contributed by atoms with E-state index in [0.29, 0.717) is 5.89 Å². The third kappa shape index (κ3) is 0.687. The van der Waals surface area contributed by atoms with Crippen molar-refractivity contribution in [1.29, 1.82) is 0 Å². The molecule has 1 aromatic heterocycles. The van der Waals surface area contributed by atoms with Crippen LogP contribution in [0.25, 0.3) is 0 Å². The van der Waals surface area contributed by atoms with Gasteiger partial charge in [0.2, 0.25) is 0 Å². The number of nitrogens with two attached hydrogens (primary N) is 1. The third-order valence-electron chi connectivity index (χ3n) is 0.788. The zero-order chi connectivity index (χ0) is 6.15. The minimum Gasteiger partial charge on any atom is -0.456 e. The molecule has 40 valence electrons. The molecule has 1 rings (SSSR count). The first-order valence-electron chi connectivity index (χ1n) is 2.18. The Hall–Kier alpha value is -0.925. The number of hydrogen-bond donors (Lipinski definition) is 1. The summed E-state index contributed by atoms with van der Waals surface area (Å²) >= 11 is 0. The van der Waals surface area contributed by atoms with Crippen molar-refractivity contribution in [3.05, 3.63) is 5.89 Å². The van der Waals surface area contributed by atoms with Crippen LogP contribution in [0.1, 0.15) is 5.89 Å². The molecule has 0 fully saturated rings. The van der Waals surface area contributed by atoms with Gasteiger partial charge in [0.1, 0.15) is 0 Å². The van der Waals surface area contributed by atoms with Gasteiger partial charge >= 0.3 is 0 Å². The lowest BCUT2D eigenvalue weighted by molar-refractivity contribution is 0.550. The van der Waals surface area contributed by atoms with Crippen molar-refractivity contribution in [2.75, 3.05) is 5.73 Å². The number of nitrogen functional groups attached to an aromatic ring is 1. The van der Waals surface area contributed by atoms with Crippen molar-refractivity contribution >= 4 is 19.3 Å². The quantitative estimate of drug-likeness (QED) is 0.449. The van der Waals surface area contributed by atoms with Gasteiger partial charge < -0.3 is 10.2 Å². The van der Waals surface area contributed by atoms with Gasteiger partial charge in [-0.05, 0) is 0 Å². The van der Waals surface area contributed by atoms with E-state index in [0.717, 1.165) is 0 Å². The lowest BCUT2D eigenvalue weighted by atomic mass is 10.1. The first kappa shape index (κ1) is 5.22. The van der Waals surface area contributed by atoms with Gasteiger partial charge in [0.25, 0.3) is 0 Å². The molecule has 4 heteroatoms. The number of aromatic nitrogens is 1. The Morgan fingerprint density at radius 2 is 2.38 bits per heavy atom. The normalized spacial score (nSPS) is 9.62. The minimum atomic E-state index is 0.197. The number of oxazole rings is 1. The molecule has 2 N–H and O–H groups in total. The van der Waals surface area contributed by atoms with E-state index in [1.54, 1.807) is 6.92 Å². The van der Waals surface area contributed by atoms with Crippen molar-refractivity contribution in [3.8, 4) is 0 Å². The zero-order valence-electron chi connectivity index (χ0n) is 4.51. The van der Waals surface area contributed by atoms with E-state index < -0.39 is 0 Å². The molecule has 0 aromatic carbocycles. The fourth-order valence-corrected chi connectivity index (χ4v) is 0.459. The standard InChI is InChI=1S/C4H5BN2O/c1-2-7-4(6)3(5)8-2/h6H2,1H3. The fourth-order valence-electron chi connectivity index (χ4n) is 0.459. The van der Waals surface area contributed by atoms with Crippen LogP contribution in [0.4, 0.5) is 5.82 Å². The molecule has 1 heterocycles. The van der Waals surface area contributed by atoms with Crippen LogP contribution in [0.2, 0.25) is 0 Å². The molecule has 0 aliphatic carbocycles. The summed E-state index contributed by atoms with van der Waals surface area (Å²) in [7, 11) is 5.19. The van der Waals surface area contributed by atoms with Gasteiger partial charge in [0.05, 0.1) is 5.66 Å². The monoisotopic (exact) mass is 108 g/mol. The van der Waals surface area contributed by atoms with Gasteiger partial charge in [0.15, 0.2) is 19.6 Å². The highest BCUT2D eigenvalue weighted by atomic mass is 16.3. The molecule has 0 spiro atoms. The van der Waals surface area contributed by atoms with E-state index in [2.05, 4.69) is 4.98 Å². The highest BCUT2D eigenvalue weighted by Gasteiger charge is 1.97. The number of hydrogen-bond acceptors (Lipinski definition) is 3. The van der Waals surface area contributed by atoms with Crippen molar-refractivity contribution in [2.24, 2.45) is 0 Å². The van der Waals surface area contributed by atoms with Gasteiger partial charge in [-0.15, -0.1) is 0 Å². The van der Waals surface area contributed by atoms with Crippen LogP contribution in [0, 0.1) is 6.92 Å². The van der Waals surface area contributed by atoms with E-state index >= 15 is 0 Å². The van der Waals surface area contributed by atoms with Gasteiger partial charge in [-0.25, -0.2) is 0 Å². The second-order valence-electron chi connectivity index (χ2n) is 1.48. The molecular formula is C4H5BN2O. The molecule has 8 heavy (non-hydrogen) atoms. The average Bonchev–Trinajstić information content (AvgIpc) is 1.85. The van der Waals surface area contributed by atoms with Crippen molar-refractivity contribution in [3.63, 3.8) is 0 Å². The molecule has 0 saturated heterocycles. The Labute approximate surface area is 48.3 Å². The zero-order valence-corrected chi connectivity index (χ0v) is 4.51. The predicted molar refractivity (Wildman–Crippen MR) is 31.0 cm³/mol. The Bertz CT molecular complexity index is 176. The second-order valence-corrected chi connectivity index (χ2v) is 1.48. The molecule has 0 aliphatic heterocycles. The van der Waals surface area contributed by atoms with E-state index in [9.17, 15) is 0 Å². The summed E-state index contributed by atoms with van der Waals surface area (Å²) in [5.74, 6) is 0.766. The first-order chi connectivity index (χ1) is 3.70. The Balaban J connectivity index is 3.14. The van der Waals surface area contributed by atoms with Crippen LogP contribution in [-0.4, -0.2) is 12.8 Å². The molecule has 1 aromatic rings. The van der Waals surface area contributed by atoms with E-state index in [-0.39, 0.29) is 11.5 Å². The summed E-state index contributed by atoms with van der Waals surface area (Å²) in [6.45, 7) is 1.69. The first-order valence-corrected chi connectivity index (χ1v) is 2.18. The van der Waals surface area contributed by atoms with Crippen molar-refractivity contribution in [1.82, 2.24) is 4.98 Å². The molecule has 0 unspecified atom stereocenters. The van der Waals surface area contributed by atoms with Gasteiger partial charge in [-0.3, -0.25) is 0 Å². The van der Waals surface area contributed by atoms with Crippen LogP contribution in [0.15, 0.2) is 4.42 Å². The Morgan fingerprint density at radius 1 is 1.75 bits per heavy atom. The molecule has 2 radical (unpaired) electrons. The van der Waals surface area contributed by atoms with Crippen LogP contribution in [-0.2, 0) is 0 Å². The SMILES string of the molecule is [B]c1oc(C)nc1N. The minimum absolute atomic E-state index is 0.197. The van der Waals surface area contributed by atoms with E-state index in [4.69, 9.17) is 18.0 Å². The Morgan fingerprint density at radius 3 is 2.50 bits per heavy atom. The number of rotatable bonds is 0. The lowest BCUT2D eigenvalue weighted by Crippen LogP contribution is -2.04. The van der Waals surface area contributed by atoms with Gasteiger partial charge in [-0.1, -0.05) is 0 Å². The summed E-state index contributed by atoms with van der Waals surface area (Å²) in [5, 5.41) is 0. The second kappa shape index (κ2) is 1.54. The summed E-state index contributed by atoms with van der Waals surface area (Å²) in [6.07, 6.45) is 0. The fraction of sp³-hybridized carbons (Fsp3) is 0.250. The van der Waals surface area contributed by atoms with Crippen LogP contribution in [0.5, 0.6) is 0 Å². The third-order valence-corrected chi connectivity index (χ3v) is 0.788.